The fourth-order valence-electron chi connectivity index (χ4n) is 2.43. The highest BCUT2D eigenvalue weighted by atomic mass is 127. The predicted octanol–water partition coefficient (Wildman–Crippen LogP) is 3.31. The third-order valence-corrected chi connectivity index (χ3v) is 5.34. The average Bonchev–Trinajstić information content (AvgIpc) is 2.47. The van der Waals surface area contributed by atoms with Gasteiger partial charge in [-0.3, -0.25) is 9.10 Å². The van der Waals surface area contributed by atoms with Crippen molar-refractivity contribution >= 4 is 49.9 Å². The van der Waals surface area contributed by atoms with E-state index in [9.17, 15) is 13.2 Å². The second kappa shape index (κ2) is 7.52. The van der Waals surface area contributed by atoms with E-state index < -0.39 is 10.0 Å². The van der Waals surface area contributed by atoms with E-state index in [0.717, 1.165) is 25.3 Å². The van der Waals surface area contributed by atoms with Crippen molar-refractivity contribution in [3.63, 3.8) is 0 Å². The molecule has 24 heavy (non-hydrogen) atoms. The molecule has 2 aromatic carbocycles. The first-order valence-corrected chi connectivity index (χ1v) is 10.2. The van der Waals surface area contributed by atoms with E-state index in [4.69, 9.17) is 0 Å². The van der Waals surface area contributed by atoms with Crippen molar-refractivity contribution in [3.05, 3.63) is 57.2 Å². The molecule has 0 aliphatic heterocycles. The van der Waals surface area contributed by atoms with E-state index in [1.54, 1.807) is 12.1 Å². The number of carbonyl (C=O) groups is 1. The number of nitrogens with one attached hydrogen (secondary N) is 1. The average molecular weight is 458 g/mol. The highest BCUT2D eigenvalue weighted by Gasteiger charge is 2.23. The fraction of sp³-hybridized carbons (Fsp3) is 0.235. The number of para-hydroxylation sites is 1. The number of amides is 1. The lowest BCUT2D eigenvalue weighted by atomic mass is 10.1. The van der Waals surface area contributed by atoms with Gasteiger partial charge in [-0.1, -0.05) is 18.2 Å². The highest BCUT2D eigenvalue weighted by molar-refractivity contribution is 14.1. The van der Waals surface area contributed by atoms with Crippen LogP contribution in [0.1, 0.15) is 11.1 Å². The number of rotatable bonds is 5. The van der Waals surface area contributed by atoms with Gasteiger partial charge in [0.2, 0.25) is 15.9 Å². The third kappa shape index (κ3) is 4.70. The molecule has 128 valence electrons. The molecule has 0 aliphatic carbocycles. The van der Waals surface area contributed by atoms with Crippen molar-refractivity contribution in [1.82, 2.24) is 0 Å². The summed E-state index contributed by atoms with van der Waals surface area (Å²) in [6, 6.07) is 12.8. The summed E-state index contributed by atoms with van der Waals surface area (Å²) in [5.41, 5.74) is 2.80. The normalized spacial score (nSPS) is 11.2. The van der Waals surface area contributed by atoms with Crippen molar-refractivity contribution in [1.29, 1.82) is 0 Å². The molecule has 0 unspecified atom stereocenters. The fourth-order valence-corrected chi connectivity index (χ4v) is 3.76. The molecule has 0 spiro atoms. The van der Waals surface area contributed by atoms with Gasteiger partial charge in [0, 0.05) is 9.26 Å². The van der Waals surface area contributed by atoms with E-state index >= 15 is 0 Å². The standard InChI is InChI=1S/C17H19IN2O3S/c1-12-5-4-6-13(2)17(12)20(24(3,22)23)11-16(21)19-15-9-7-14(18)8-10-15/h4-10H,11H2,1-3H3,(H,19,21). The lowest BCUT2D eigenvalue weighted by molar-refractivity contribution is -0.114. The van der Waals surface area contributed by atoms with Crippen LogP contribution in [0.3, 0.4) is 0 Å². The molecule has 2 rings (SSSR count). The van der Waals surface area contributed by atoms with Gasteiger partial charge in [0.1, 0.15) is 6.54 Å². The van der Waals surface area contributed by atoms with E-state index in [0.29, 0.717) is 11.4 Å². The van der Waals surface area contributed by atoms with E-state index in [1.807, 2.05) is 44.2 Å². The van der Waals surface area contributed by atoms with Gasteiger partial charge in [-0.05, 0) is 71.8 Å². The number of halogens is 1. The zero-order valence-electron chi connectivity index (χ0n) is 13.7. The summed E-state index contributed by atoms with van der Waals surface area (Å²) in [6.07, 6.45) is 1.11. The summed E-state index contributed by atoms with van der Waals surface area (Å²) >= 11 is 2.18. The van der Waals surface area contributed by atoms with Crippen LogP contribution in [0, 0.1) is 17.4 Å². The second-order valence-electron chi connectivity index (χ2n) is 5.57. The topological polar surface area (TPSA) is 66.5 Å². The molecule has 1 N–H and O–H groups in total. The number of hydrogen-bond donors (Lipinski definition) is 1. The Hall–Kier alpha value is -1.61. The number of aryl methyl sites for hydroxylation is 2. The molecule has 1 amide bonds. The maximum absolute atomic E-state index is 12.3. The van der Waals surface area contributed by atoms with Crippen molar-refractivity contribution < 1.29 is 13.2 Å². The molecule has 2 aromatic rings. The molecule has 0 aromatic heterocycles. The third-order valence-electron chi connectivity index (χ3n) is 3.50. The number of carbonyl (C=O) groups excluding carboxylic acids is 1. The van der Waals surface area contributed by atoms with Gasteiger partial charge in [-0.2, -0.15) is 0 Å². The molecule has 0 bridgehead atoms. The van der Waals surface area contributed by atoms with Crippen molar-refractivity contribution in [2.45, 2.75) is 13.8 Å². The van der Waals surface area contributed by atoms with Gasteiger partial charge in [-0.25, -0.2) is 8.42 Å². The number of anilines is 2. The maximum Gasteiger partial charge on any atom is 0.245 e. The van der Waals surface area contributed by atoms with Crippen LogP contribution in [0.2, 0.25) is 0 Å². The smallest absolute Gasteiger partial charge is 0.245 e. The monoisotopic (exact) mass is 458 g/mol. The van der Waals surface area contributed by atoms with E-state index in [1.165, 1.54) is 0 Å². The summed E-state index contributed by atoms with van der Waals surface area (Å²) in [5.74, 6) is -0.385. The van der Waals surface area contributed by atoms with Crippen LogP contribution in [0.15, 0.2) is 42.5 Å². The zero-order valence-corrected chi connectivity index (χ0v) is 16.7. The highest BCUT2D eigenvalue weighted by Crippen LogP contribution is 2.26. The lowest BCUT2D eigenvalue weighted by Crippen LogP contribution is -2.38. The largest absolute Gasteiger partial charge is 0.325 e. The Bertz CT molecular complexity index is 828. The van der Waals surface area contributed by atoms with Crippen LogP contribution in [0.5, 0.6) is 0 Å². The predicted molar refractivity (Wildman–Crippen MR) is 106 cm³/mol. The van der Waals surface area contributed by atoms with Gasteiger partial charge in [-0.15, -0.1) is 0 Å². The Kier molecular flexibility index (Phi) is 5.87. The van der Waals surface area contributed by atoms with Crippen LogP contribution >= 0.6 is 22.6 Å². The Morgan fingerprint density at radius 1 is 1.08 bits per heavy atom. The Morgan fingerprint density at radius 3 is 2.12 bits per heavy atom. The number of nitrogens with zero attached hydrogens (tertiary/aromatic N) is 1. The summed E-state index contributed by atoms with van der Waals surface area (Å²) in [6.45, 7) is 3.39. The molecule has 0 saturated heterocycles. The number of sulfonamides is 1. The van der Waals surface area contributed by atoms with Crippen LogP contribution in [0.25, 0.3) is 0 Å². The molecule has 0 radical (unpaired) electrons. The second-order valence-corrected chi connectivity index (χ2v) is 8.72. The molecular weight excluding hydrogens is 439 g/mol. The summed E-state index contributed by atoms with van der Waals surface area (Å²) in [4.78, 5) is 12.3. The van der Waals surface area contributed by atoms with Gasteiger partial charge >= 0.3 is 0 Å². The van der Waals surface area contributed by atoms with Crippen LogP contribution < -0.4 is 9.62 Å². The molecule has 0 aliphatic rings. The summed E-state index contributed by atoms with van der Waals surface area (Å²) in [5, 5.41) is 2.73. The zero-order chi connectivity index (χ0) is 17.9. The quantitative estimate of drug-likeness (QED) is 0.700. The Morgan fingerprint density at radius 2 is 1.62 bits per heavy atom. The SMILES string of the molecule is Cc1cccc(C)c1N(CC(=O)Nc1ccc(I)cc1)S(C)(=O)=O. The number of hydrogen-bond acceptors (Lipinski definition) is 3. The minimum Gasteiger partial charge on any atom is -0.325 e. The lowest BCUT2D eigenvalue weighted by Gasteiger charge is -2.25. The molecule has 0 atom stereocenters. The van der Waals surface area contributed by atoms with E-state index in [-0.39, 0.29) is 12.5 Å². The molecule has 5 nitrogen and oxygen atoms in total. The van der Waals surface area contributed by atoms with Crippen LogP contribution in [0.4, 0.5) is 11.4 Å². The van der Waals surface area contributed by atoms with Gasteiger partial charge in [0.25, 0.3) is 0 Å². The molecule has 7 heteroatoms. The van der Waals surface area contributed by atoms with Crippen molar-refractivity contribution in [2.24, 2.45) is 0 Å². The van der Waals surface area contributed by atoms with E-state index in [2.05, 4.69) is 27.9 Å². The Labute approximate surface area is 156 Å². The van der Waals surface area contributed by atoms with Crippen molar-refractivity contribution in [2.75, 3.05) is 22.4 Å². The first kappa shape index (κ1) is 18.7. The van der Waals surface area contributed by atoms with Crippen molar-refractivity contribution in [3.8, 4) is 0 Å². The summed E-state index contributed by atoms with van der Waals surface area (Å²) in [7, 11) is -3.59. The molecular formula is C17H19IN2O3S. The minimum atomic E-state index is -3.59. The minimum absolute atomic E-state index is 0.267. The molecule has 0 heterocycles. The molecule has 0 saturated carbocycles. The first-order chi connectivity index (χ1) is 11.2. The van der Waals surface area contributed by atoms with Crippen LogP contribution in [-0.2, 0) is 14.8 Å². The maximum atomic E-state index is 12.3. The van der Waals surface area contributed by atoms with Gasteiger partial charge < -0.3 is 5.32 Å². The van der Waals surface area contributed by atoms with Crippen LogP contribution in [-0.4, -0.2) is 27.1 Å². The van der Waals surface area contributed by atoms with Gasteiger partial charge in [0.05, 0.1) is 11.9 Å². The number of benzene rings is 2. The first-order valence-electron chi connectivity index (χ1n) is 7.28. The Balaban J connectivity index is 2.27. The van der Waals surface area contributed by atoms with Gasteiger partial charge in [0.15, 0.2) is 0 Å². The summed E-state index contributed by atoms with van der Waals surface area (Å²) < 4.78 is 26.6. The molecule has 0 fully saturated rings.